The Labute approximate surface area is 889 Å². The molecule has 137 heavy (non-hydrogen) atoms. The number of nitrogens with one attached hydrogen (secondary N) is 1. The van der Waals surface area contributed by atoms with Gasteiger partial charge in [0.1, 0.15) is 5.82 Å². The molecule has 14 aromatic carbocycles. The number of nitrogens with zero attached hydrogens (tertiary/aromatic N) is 13. The minimum absolute atomic E-state index is 0. The summed E-state index contributed by atoms with van der Waals surface area (Å²) in [6.07, 6.45) is 1.91. The van der Waals surface area contributed by atoms with Crippen molar-refractivity contribution in [3.05, 3.63) is 396 Å². The van der Waals surface area contributed by atoms with Crippen LogP contribution in [-0.4, -0.2) is 123 Å². The Kier molecular flexibility index (Phi) is 33.3. The van der Waals surface area contributed by atoms with Crippen LogP contribution >= 0.6 is 8.25 Å². The van der Waals surface area contributed by atoms with Crippen molar-refractivity contribution in [2.75, 3.05) is 10.2 Å². The van der Waals surface area contributed by atoms with Gasteiger partial charge in [-0.3, -0.25) is 0 Å². The van der Waals surface area contributed by atoms with Crippen LogP contribution in [-0.2, 0) is 22.1 Å². The first kappa shape index (κ1) is 101. The van der Waals surface area contributed by atoms with Crippen LogP contribution in [0, 0.1) is 117 Å². The molecule has 1 atom stereocenters. The van der Waals surface area contributed by atoms with Crippen molar-refractivity contribution in [3.63, 3.8) is 0 Å². The summed E-state index contributed by atoms with van der Waals surface area (Å²) < 4.78 is 26.9. The second-order valence-electron chi connectivity index (χ2n) is 34.1. The number of hydrogen-bond donors (Lipinski definition) is 1. The Morgan fingerprint density at radius 2 is 0.482 bits per heavy atom. The Bertz CT molecular complexity index is 7120. The molecule has 0 spiro atoms. The van der Waals surface area contributed by atoms with Gasteiger partial charge in [0.2, 0.25) is 0 Å². The molecule has 4 aromatic heterocycles. The monoisotopic (exact) mass is 1890 g/mol. The summed E-state index contributed by atoms with van der Waals surface area (Å²) in [5, 5.41) is 12.3. The predicted octanol–water partition coefficient (Wildman–Crippen LogP) is 22.4. The van der Waals surface area contributed by atoms with Crippen molar-refractivity contribution in [2.45, 2.75) is 124 Å². The van der Waals surface area contributed by atoms with Crippen molar-refractivity contribution < 1.29 is 75.2 Å². The van der Waals surface area contributed by atoms with Gasteiger partial charge in [-0.05, 0) is 263 Å². The molecule has 18 aromatic rings. The quantitative estimate of drug-likeness (QED) is 0.0460. The van der Waals surface area contributed by atoms with E-state index in [-0.39, 0.29) is 62.8 Å². The van der Waals surface area contributed by atoms with Crippen molar-refractivity contribution in [1.29, 1.82) is 0 Å². The van der Waals surface area contributed by atoms with E-state index in [4.69, 9.17) is 74.5 Å². The fourth-order valence-corrected chi connectivity index (χ4v) is 17.8. The number of halogens is 1. The van der Waals surface area contributed by atoms with Crippen LogP contribution in [0.5, 0.6) is 0 Å². The zero-order valence-electron chi connectivity index (χ0n) is 80.7. The molecule has 0 amide bonds. The molecule has 23 heteroatoms. The van der Waals surface area contributed by atoms with E-state index in [1.807, 2.05) is 218 Å². The van der Waals surface area contributed by atoms with Crippen molar-refractivity contribution in [2.24, 2.45) is 0 Å². The molecule has 20 rings (SSSR count). The average molecular weight is 1900 g/mol. The Morgan fingerprint density at radius 3 is 0.745 bits per heavy atom. The van der Waals surface area contributed by atoms with Gasteiger partial charge in [-0.2, -0.15) is 0 Å². The van der Waals surface area contributed by atoms with Crippen molar-refractivity contribution in [1.82, 2.24) is 59.8 Å². The number of aromatic nitrogens is 12. The second kappa shape index (κ2) is 45.2. The third-order valence-corrected chi connectivity index (χ3v) is 26.8. The van der Waals surface area contributed by atoms with E-state index < -0.39 is 14.1 Å². The second-order valence-corrected chi connectivity index (χ2v) is 34.6. The van der Waals surface area contributed by atoms with E-state index in [2.05, 4.69) is 168 Å². The predicted molar refractivity (Wildman–Crippen MR) is 544 cm³/mol. The van der Waals surface area contributed by atoms with Gasteiger partial charge in [0, 0.05) is 85.4 Å². The van der Waals surface area contributed by atoms with E-state index in [1.54, 1.807) is 12.1 Å². The maximum absolute atomic E-state index is 15.6. The molecule has 0 bridgehead atoms. The Morgan fingerprint density at radius 1 is 0.277 bits per heavy atom. The Hall–Kier alpha value is -10.5. The number of rotatable bonds is 14. The summed E-state index contributed by atoms with van der Waals surface area (Å²) >= 11 is 2.50. The third-order valence-electron chi connectivity index (χ3n) is 26.7. The van der Waals surface area contributed by atoms with Gasteiger partial charge < -0.3 is 20.4 Å². The Balaban J connectivity index is 0.000000167. The molecular weight excluding hydrogens is 1800 g/mol. The molecule has 1 N–H and O–H groups in total. The van der Waals surface area contributed by atoms with Crippen LogP contribution in [0.2, 0.25) is 0 Å². The molecular formula is C114H99FK3N14O4P. The number of hydrogen-bond acceptors (Lipinski definition) is 18. The summed E-state index contributed by atoms with van der Waals surface area (Å²) in [7, 11) is -3.15. The maximum atomic E-state index is 15.6. The van der Waals surface area contributed by atoms with Gasteiger partial charge in [0.05, 0.1) is 22.6 Å². The molecule has 2 aliphatic heterocycles. The molecule has 6 heterocycles. The summed E-state index contributed by atoms with van der Waals surface area (Å²) in [4.78, 5) is 71.1. The van der Waals surface area contributed by atoms with Crippen LogP contribution < -0.4 is 71.8 Å². The first-order valence-electron chi connectivity index (χ1n) is 45.6. The molecule has 664 valence electrons. The topological polar surface area (TPSA) is 242 Å². The van der Waals surface area contributed by atoms with Crippen LogP contribution in [0.4, 0.5) is 32.8 Å². The molecule has 0 saturated carbocycles. The minimum atomic E-state index is -3.15. The first-order valence-corrected chi connectivity index (χ1v) is 62.7. The summed E-state index contributed by atoms with van der Waals surface area (Å²) in [6, 6.07) is 90.4. The number of fused-ring (bicyclic) bond motifs is 4. The van der Waals surface area contributed by atoms with Crippen molar-refractivity contribution in [3.8, 4) is 137 Å². The first-order chi connectivity index (χ1) is 65.8. The van der Waals surface area contributed by atoms with E-state index >= 15 is 4.39 Å². The molecule has 2 aliphatic rings. The molecule has 0 fully saturated rings. The summed E-state index contributed by atoms with van der Waals surface area (Å²) in [6.45, 7) is 36.2. The van der Waals surface area contributed by atoms with Crippen molar-refractivity contribution >= 4 is 99.8 Å². The molecule has 0 aliphatic carbocycles. The summed E-state index contributed by atoms with van der Waals surface area (Å²) in [5.41, 5.74) is 43.0. The zero-order chi connectivity index (χ0) is 95.9. The van der Waals surface area contributed by atoms with Crippen LogP contribution in [0.25, 0.3) is 137 Å². The fourth-order valence-electron chi connectivity index (χ4n) is 17.8. The summed E-state index contributed by atoms with van der Waals surface area (Å²) in [5.74, 6) is 5.59. The van der Waals surface area contributed by atoms with Gasteiger partial charge >= 0.3 is 123 Å². The van der Waals surface area contributed by atoms with Gasteiger partial charge in [-0.1, -0.05) is 243 Å². The van der Waals surface area contributed by atoms with Gasteiger partial charge in [0.15, 0.2) is 69.9 Å². The van der Waals surface area contributed by atoms with Crippen LogP contribution in [0.15, 0.2) is 279 Å². The van der Waals surface area contributed by atoms with Gasteiger partial charge in [-0.25, -0.2) is 68.9 Å². The molecule has 18 nitrogen and oxygen atoms in total. The van der Waals surface area contributed by atoms with E-state index in [1.165, 1.54) is 203 Å². The van der Waals surface area contributed by atoms with Crippen LogP contribution in [0.3, 0.4) is 0 Å². The zero-order valence-corrected chi connectivity index (χ0v) is 91.0. The van der Waals surface area contributed by atoms with E-state index in [0.29, 0.717) is 69.6 Å². The standard InChI is InChI=1S/C57H49N7.C36H23FN6.C21H27N.3K.HO4P/c1-33-35(3)39(7)50-46(37(33)5)32-47-38(6)34(2)36(4)40(8)51(47)64(50)49-30-29-45(56-60-52(41-21-13-9-14-22-41)58-53(61-56)42-23-15-10-16-24-42)31-48(49)57-62-54(43-25-17-11-18-26-43)59-55(63-57)44-27-19-12-20-28-44;37-30-22-21-28(35-40-31(24-13-5-1-6-14-24)38-32(41-35)25-15-7-2-8-16-25)23-29(30)36-42-33(26-17-9-3-10-18-26)39-34(43-36)27-19-11-4-12-20-27;1-10-12(3)16(7)20-18(14(10)5)9-19-15(6)11(2)13(4)17(8)21(19)22-20;;;;1-4-5(2)3/h9-31H,32H2,1-8H3;1-23H;22H,9H2,1-8H3;;;;1H/q;;;;;+1;/p-1. The molecule has 1 unspecified atom stereocenters. The third kappa shape index (κ3) is 21.6. The normalized spacial score (nSPS) is 11.5. The van der Waals surface area contributed by atoms with E-state index in [9.17, 15) is 0 Å². The van der Waals surface area contributed by atoms with Gasteiger partial charge in [0.25, 0.3) is 0 Å². The average Bonchev–Trinajstić information content (AvgIpc) is 0.709. The SMILES string of the molecule is Cc1c(C)c(C)c2c(c1C)Cc1c(C)c(C)c(C)c(C)c1N2.Cc1c(C)c(C)c2c(c1C)Cc1c(C)c(C)c(C)c(C)c1N2c1ccc(-c2nc(-c3ccccc3)nc(-c3ccccc3)n2)cc1-c1nc(-c2ccccc2)nc(-c2ccccc2)n1.Fc1ccc(-c2nc(-c3ccccc3)nc(-c3ccccc3)n2)cc1-c1nc(-c2ccccc2)nc(-c2ccccc2)n1.O=[P+]([O-])O[O-].[K+].[K][K]. The van der Waals surface area contributed by atoms with Crippen LogP contribution in [0.1, 0.15) is 111 Å². The number of anilines is 5. The number of benzene rings is 14. The van der Waals surface area contributed by atoms with Gasteiger partial charge in [-0.15, -0.1) is 0 Å². The molecule has 0 radical (unpaired) electrons. The van der Waals surface area contributed by atoms with E-state index in [0.717, 1.165) is 74.2 Å². The molecule has 0 saturated heterocycles. The fraction of sp³-hybridized carbons (Fsp3) is 0.158.